The SMILES string of the molecule is CCNc1cc(NCC(C)C(C)C)nc(C)n1. The molecule has 0 aliphatic carbocycles. The highest BCUT2D eigenvalue weighted by molar-refractivity contribution is 5.47. The van der Waals surface area contributed by atoms with E-state index in [1.165, 1.54) is 0 Å². The lowest BCUT2D eigenvalue weighted by Crippen LogP contribution is -2.17. The largest absolute Gasteiger partial charge is 0.370 e. The molecular formula is C13H24N4. The first-order chi connectivity index (χ1) is 8.02. The average molecular weight is 236 g/mol. The predicted octanol–water partition coefficient (Wildman–Crippen LogP) is 2.92. The van der Waals surface area contributed by atoms with Crippen molar-refractivity contribution in [3.63, 3.8) is 0 Å². The molecule has 1 rings (SSSR count). The van der Waals surface area contributed by atoms with Crippen molar-refractivity contribution in [3.05, 3.63) is 11.9 Å². The van der Waals surface area contributed by atoms with Gasteiger partial charge in [-0.15, -0.1) is 0 Å². The summed E-state index contributed by atoms with van der Waals surface area (Å²) in [6, 6.07) is 1.96. The third-order valence-corrected chi connectivity index (χ3v) is 2.94. The molecule has 0 amide bonds. The van der Waals surface area contributed by atoms with Crippen LogP contribution in [0.5, 0.6) is 0 Å². The highest BCUT2D eigenvalue weighted by atomic mass is 15.1. The van der Waals surface area contributed by atoms with Crippen LogP contribution in [0.3, 0.4) is 0 Å². The number of aromatic nitrogens is 2. The van der Waals surface area contributed by atoms with Crippen molar-refractivity contribution >= 4 is 11.6 Å². The van der Waals surface area contributed by atoms with E-state index in [1.54, 1.807) is 0 Å². The average Bonchev–Trinajstić information content (AvgIpc) is 2.25. The van der Waals surface area contributed by atoms with Crippen LogP contribution in [0, 0.1) is 18.8 Å². The predicted molar refractivity (Wildman–Crippen MR) is 73.4 cm³/mol. The molecule has 0 aliphatic rings. The van der Waals surface area contributed by atoms with Gasteiger partial charge in [0.2, 0.25) is 0 Å². The number of hydrogen-bond acceptors (Lipinski definition) is 4. The van der Waals surface area contributed by atoms with Gasteiger partial charge >= 0.3 is 0 Å². The molecule has 17 heavy (non-hydrogen) atoms. The Kier molecular flexibility index (Phi) is 5.19. The number of anilines is 2. The zero-order chi connectivity index (χ0) is 12.8. The Morgan fingerprint density at radius 1 is 1.12 bits per heavy atom. The lowest BCUT2D eigenvalue weighted by atomic mass is 9.98. The molecule has 0 saturated heterocycles. The molecule has 1 aromatic heterocycles. The van der Waals surface area contributed by atoms with Crippen LogP contribution in [0.15, 0.2) is 6.07 Å². The molecule has 0 aromatic carbocycles. The van der Waals surface area contributed by atoms with Crippen LogP contribution >= 0.6 is 0 Å². The van der Waals surface area contributed by atoms with E-state index >= 15 is 0 Å². The summed E-state index contributed by atoms with van der Waals surface area (Å²) in [5.41, 5.74) is 0. The maximum Gasteiger partial charge on any atom is 0.131 e. The maximum absolute atomic E-state index is 4.39. The van der Waals surface area contributed by atoms with Gasteiger partial charge in [-0.25, -0.2) is 9.97 Å². The second-order valence-corrected chi connectivity index (χ2v) is 4.82. The third kappa shape index (κ3) is 4.59. The van der Waals surface area contributed by atoms with Gasteiger partial charge in [0.05, 0.1) is 0 Å². The van der Waals surface area contributed by atoms with Crippen molar-refractivity contribution in [2.24, 2.45) is 11.8 Å². The van der Waals surface area contributed by atoms with Gasteiger partial charge in [-0.05, 0) is 25.7 Å². The molecule has 4 heteroatoms. The molecule has 1 heterocycles. The standard InChI is InChI=1S/C13H24N4/c1-6-14-12-7-13(17-11(5)16-12)15-8-10(4)9(2)3/h7,9-10H,6,8H2,1-5H3,(H2,14,15,16,17). The highest BCUT2D eigenvalue weighted by Crippen LogP contribution is 2.14. The molecular weight excluding hydrogens is 212 g/mol. The van der Waals surface area contributed by atoms with Gasteiger partial charge in [0, 0.05) is 19.2 Å². The van der Waals surface area contributed by atoms with Gasteiger partial charge in [0.15, 0.2) is 0 Å². The molecule has 4 nitrogen and oxygen atoms in total. The minimum Gasteiger partial charge on any atom is -0.370 e. The Morgan fingerprint density at radius 2 is 1.71 bits per heavy atom. The van der Waals surface area contributed by atoms with Gasteiger partial charge < -0.3 is 10.6 Å². The Morgan fingerprint density at radius 3 is 2.24 bits per heavy atom. The topological polar surface area (TPSA) is 49.8 Å². The van der Waals surface area contributed by atoms with Crippen LogP contribution in [0.1, 0.15) is 33.5 Å². The summed E-state index contributed by atoms with van der Waals surface area (Å²) in [7, 11) is 0. The van der Waals surface area contributed by atoms with Crippen molar-refractivity contribution in [2.75, 3.05) is 23.7 Å². The van der Waals surface area contributed by atoms with Crippen LogP contribution in [-0.4, -0.2) is 23.1 Å². The fourth-order valence-electron chi connectivity index (χ4n) is 1.43. The molecule has 0 saturated carbocycles. The quantitative estimate of drug-likeness (QED) is 0.797. The molecule has 1 aromatic rings. The van der Waals surface area contributed by atoms with Crippen LogP contribution in [0.4, 0.5) is 11.6 Å². The summed E-state index contributed by atoms with van der Waals surface area (Å²) in [4.78, 5) is 8.71. The Balaban J connectivity index is 2.64. The van der Waals surface area contributed by atoms with E-state index in [4.69, 9.17) is 0 Å². The number of nitrogens with zero attached hydrogens (tertiary/aromatic N) is 2. The monoisotopic (exact) mass is 236 g/mol. The lowest BCUT2D eigenvalue weighted by Gasteiger charge is -2.17. The van der Waals surface area contributed by atoms with Crippen molar-refractivity contribution in [3.8, 4) is 0 Å². The van der Waals surface area contributed by atoms with Crippen molar-refractivity contribution in [1.29, 1.82) is 0 Å². The van der Waals surface area contributed by atoms with E-state index in [1.807, 2.05) is 13.0 Å². The molecule has 0 bridgehead atoms. The summed E-state index contributed by atoms with van der Waals surface area (Å²) in [6.07, 6.45) is 0. The summed E-state index contributed by atoms with van der Waals surface area (Å²) in [5, 5.41) is 6.58. The van der Waals surface area contributed by atoms with E-state index in [9.17, 15) is 0 Å². The van der Waals surface area contributed by atoms with Gasteiger partial charge in [-0.1, -0.05) is 20.8 Å². The number of aryl methyl sites for hydroxylation is 1. The van der Waals surface area contributed by atoms with Crippen LogP contribution in [0.25, 0.3) is 0 Å². The van der Waals surface area contributed by atoms with E-state index in [-0.39, 0.29) is 0 Å². The minimum atomic E-state index is 0.632. The highest BCUT2D eigenvalue weighted by Gasteiger charge is 2.07. The summed E-state index contributed by atoms with van der Waals surface area (Å²) >= 11 is 0. The van der Waals surface area contributed by atoms with E-state index < -0.39 is 0 Å². The Bertz CT molecular complexity index is 349. The molecule has 96 valence electrons. The normalized spacial score (nSPS) is 12.6. The van der Waals surface area contributed by atoms with E-state index in [0.717, 1.165) is 30.5 Å². The minimum absolute atomic E-state index is 0.632. The first kappa shape index (κ1) is 13.7. The molecule has 0 spiro atoms. The number of rotatable bonds is 6. The van der Waals surface area contributed by atoms with E-state index in [0.29, 0.717) is 11.8 Å². The van der Waals surface area contributed by atoms with Crippen molar-refractivity contribution in [1.82, 2.24) is 9.97 Å². The smallest absolute Gasteiger partial charge is 0.131 e. The lowest BCUT2D eigenvalue weighted by molar-refractivity contribution is 0.439. The van der Waals surface area contributed by atoms with Gasteiger partial charge in [-0.2, -0.15) is 0 Å². The van der Waals surface area contributed by atoms with Gasteiger partial charge in [-0.3, -0.25) is 0 Å². The molecule has 0 aliphatic heterocycles. The van der Waals surface area contributed by atoms with Crippen LogP contribution in [-0.2, 0) is 0 Å². The molecule has 1 atom stereocenters. The number of hydrogen-bond donors (Lipinski definition) is 2. The van der Waals surface area contributed by atoms with E-state index in [2.05, 4.69) is 48.3 Å². The Hall–Kier alpha value is -1.32. The second-order valence-electron chi connectivity index (χ2n) is 4.82. The van der Waals surface area contributed by atoms with Crippen LogP contribution < -0.4 is 10.6 Å². The third-order valence-electron chi connectivity index (χ3n) is 2.94. The molecule has 1 unspecified atom stereocenters. The zero-order valence-corrected chi connectivity index (χ0v) is 11.5. The number of nitrogens with one attached hydrogen (secondary N) is 2. The van der Waals surface area contributed by atoms with Gasteiger partial charge in [0.1, 0.15) is 17.5 Å². The second kappa shape index (κ2) is 6.42. The molecule has 0 fully saturated rings. The van der Waals surface area contributed by atoms with Crippen LogP contribution in [0.2, 0.25) is 0 Å². The summed E-state index contributed by atoms with van der Waals surface area (Å²) in [6.45, 7) is 12.5. The first-order valence-corrected chi connectivity index (χ1v) is 6.36. The Labute approximate surface area is 104 Å². The fourth-order valence-corrected chi connectivity index (χ4v) is 1.43. The maximum atomic E-state index is 4.39. The molecule has 2 N–H and O–H groups in total. The molecule has 0 radical (unpaired) electrons. The van der Waals surface area contributed by atoms with Gasteiger partial charge in [0.25, 0.3) is 0 Å². The van der Waals surface area contributed by atoms with Crippen molar-refractivity contribution in [2.45, 2.75) is 34.6 Å². The first-order valence-electron chi connectivity index (χ1n) is 6.36. The summed E-state index contributed by atoms with van der Waals surface area (Å²) < 4.78 is 0. The van der Waals surface area contributed by atoms with Crippen molar-refractivity contribution < 1.29 is 0 Å². The zero-order valence-electron chi connectivity index (χ0n) is 11.5. The summed E-state index contributed by atoms with van der Waals surface area (Å²) in [5.74, 6) is 3.90. The fraction of sp³-hybridized carbons (Fsp3) is 0.692.